The minimum atomic E-state index is -0.344. The molecule has 0 fully saturated rings. The van der Waals surface area contributed by atoms with E-state index in [1.54, 1.807) is 24.3 Å². The topological polar surface area (TPSA) is 84.8 Å². The molecule has 0 bridgehead atoms. The van der Waals surface area contributed by atoms with Gasteiger partial charge in [-0.1, -0.05) is 29.7 Å². The van der Waals surface area contributed by atoms with E-state index in [1.165, 1.54) is 24.7 Å². The van der Waals surface area contributed by atoms with Gasteiger partial charge in [0.05, 0.1) is 19.0 Å². The van der Waals surface area contributed by atoms with Gasteiger partial charge in [-0.05, 0) is 64.5 Å². The molecule has 0 saturated carbocycles. The summed E-state index contributed by atoms with van der Waals surface area (Å²) in [6, 6.07) is 18.0. The molecule has 37 heavy (non-hydrogen) atoms. The number of nitrogens with zero attached hydrogens (tertiary/aromatic N) is 2. The lowest BCUT2D eigenvalue weighted by Crippen LogP contribution is -2.17. The van der Waals surface area contributed by atoms with Gasteiger partial charge >= 0.3 is 0 Å². The van der Waals surface area contributed by atoms with Crippen molar-refractivity contribution in [1.82, 2.24) is 10.4 Å². The fourth-order valence-electron chi connectivity index (χ4n) is 3.18. The molecule has 186 valence electrons. The van der Waals surface area contributed by atoms with E-state index in [9.17, 15) is 4.79 Å². The first-order valence-corrected chi connectivity index (χ1v) is 12.9. The van der Waals surface area contributed by atoms with E-state index in [1.807, 2.05) is 41.8 Å². The maximum absolute atomic E-state index is 12.6. The smallest absolute Gasteiger partial charge is 0.271 e. The Labute approximate surface area is 231 Å². The number of anilines is 2. The van der Waals surface area contributed by atoms with E-state index in [0.29, 0.717) is 32.1 Å². The average molecular weight is 596 g/mol. The molecule has 10 heteroatoms. The molecular weight excluding hydrogens is 576 g/mol. The quantitative estimate of drug-likeness (QED) is 0.127. The van der Waals surface area contributed by atoms with Crippen molar-refractivity contribution in [1.29, 1.82) is 0 Å². The minimum absolute atomic E-state index is 0.120. The van der Waals surface area contributed by atoms with E-state index < -0.39 is 0 Å². The van der Waals surface area contributed by atoms with Crippen LogP contribution in [0, 0.1) is 12.3 Å². The lowest BCUT2D eigenvalue weighted by molar-refractivity contribution is 0.0955. The van der Waals surface area contributed by atoms with Crippen LogP contribution >= 0.6 is 38.9 Å². The van der Waals surface area contributed by atoms with Crippen LogP contribution in [0.2, 0.25) is 5.02 Å². The Balaban J connectivity index is 1.38. The number of terminal acetylenes is 1. The zero-order chi connectivity index (χ0) is 26.2. The minimum Gasteiger partial charge on any atom is -0.493 e. The Morgan fingerprint density at radius 3 is 2.65 bits per heavy atom. The van der Waals surface area contributed by atoms with E-state index in [2.05, 4.69) is 42.7 Å². The first-order valence-electron chi connectivity index (χ1n) is 10.8. The predicted molar refractivity (Wildman–Crippen MR) is 152 cm³/mol. The van der Waals surface area contributed by atoms with Crippen LogP contribution in [0.4, 0.5) is 10.8 Å². The summed E-state index contributed by atoms with van der Waals surface area (Å²) in [6.45, 7) is 0.120. The number of ether oxygens (including phenoxy) is 2. The van der Waals surface area contributed by atoms with Crippen LogP contribution in [-0.4, -0.2) is 30.8 Å². The van der Waals surface area contributed by atoms with E-state index in [0.717, 1.165) is 22.1 Å². The maximum Gasteiger partial charge on any atom is 0.271 e. The van der Waals surface area contributed by atoms with Gasteiger partial charge in [-0.15, -0.1) is 17.8 Å². The highest BCUT2D eigenvalue weighted by atomic mass is 79.9. The van der Waals surface area contributed by atoms with Crippen LogP contribution in [0.1, 0.15) is 15.9 Å². The Morgan fingerprint density at radius 1 is 1.19 bits per heavy atom. The number of carbonyl (C=O) groups is 1. The van der Waals surface area contributed by atoms with Gasteiger partial charge in [0.1, 0.15) is 6.61 Å². The summed E-state index contributed by atoms with van der Waals surface area (Å²) >= 11 is 10.9. The fourth-order valence-corrected chi connectivity index (χ4v) is 4.47. The van der Waals surface area contributed by atoms with Gasteiger partial charge in [-0.3, -0.25) is 4.79 Å². The van der Waals surface area contributed by atoms with Crippen LogP contribution in [0.25, 0.3) is 11.3 Å². The number of hydrogen-bond donors (Lipinski definition) is 2. The Morgan fingerprint density at radius 2 is 1.95 bits per heavy atom. The Kier molecular flexibility index (Phi) is 8.80. The van der Waals surface area contributed by atoms with Gasteiger partial charge < -0.3 is 14.8 Å². The van der Waals surface area contributed by atoms with E-state index in [-0.39, 0.29) is 12.5 Å². The summed E-state index contributed by atoms with van der Waals surface area (Å²) in [5.74, 6) is 3.06. The zero-order valence-corrected chi connectivity index (χ0v) is 22.7. The second-order valence-corrected chi connectivity index (χ2v) is 9.61. The highest BCUT2D eigenvalue weighted by Crippen LogP contribution is 2.33. The van der Waals surface area contributed by atoms with Crippen LogP contribution in [-0.2, 0) is 0 Å². The molecule has 1 amide bonds. The third-order valence-corrected chi connectivity index (χ3v) is 6.70. The van der Waals surface area contributed by atoms with Gasteiger partial charge in [0, 0.05) is 37.3 Å². The normalized spacial score (nSPS) is 10.6. The Bertz CT molecular complexity index is 1460. The van der Waals surface area contributed by atoms with Gasteiger partial charge in [-0.2, -0.15) is 5.10 Å². The van der Waals surface area contributed by atoms with Crippen molar-refractivity contribution in [3.63, 3.8) is 0 Å². The molecule has 0 radical (unpaired) electrons. The van der Waals surface area contributed by atoms with Gasteiger partial charge in [0.15, 0.2) is 16.6 Å². The van der Waals surface area contributed by atoms with Gasteiger partial charge in [0.25, 0.3) is 5.91 Å². The summed E-state index contributed by atoms with van der Waals surface area (Å²) in [6.07, 6.45) is 6.76. The van der Waals surface area contributed by atoms with Crippen molar-refractivity contribution in [2.75, 3.05) is 19.0 Å². The summed E-state index contributed by atoms with van der Waals surface area (Å²) in [5, 5.41) is 10.7. The number of halogens is 2. The zero-order valence-electron chi connectivity index (χ0n) is 19.5. The average Bonchev–Trinajstić information content (AvgIpc) is 3.38. The number of benzene rings is 3. The van der Waals surface area contributed by atoms with Gasteiger partial charge in [-0.25, -0.2) is 10.4 Å². The standard InChI is InChI=1S/C27H20BrClN4O3S/c1-3-12-36-25-14-22(28)19(13-24(25)35-2)15-30-33-26(34)18-6-4-17(5-7-18)23-16-37-27(32-23)31-21-10-8-20(29)9-11-21/h1,4-11,13-16H,12H2,2H3,(H,31,32)(H,33,34)/b30-15-. The molecule has 0 atom stereocenters. The molecule has 0 aliphatic rings. The molecule has 0 unspecified atom stereocenters. The summed E-state index contributed by atoms with van der Waals surface area (Å²) < 4.78 is 11.5. The van der Waals surface area contributed by atoms with Crippen LogP contribution in [0.5, 0.6) is 11.5 Å². The number of thiazole rings is 1. The van der Waals surface area contributed by atoms with E-state index >= 15 is 0 Å². The molecule has 3 aromatic carbocycles. The SMILES string of the molecule is C#CCOc1cc(Br)c(/C=N\NC(=O)c2ccc(-c3csc(Nc4ccc(Cl)cc4)n3)cc2)cc1OC. The third kappa shape index (κ3) is 6.89. The van der Waals surface area contributed by atoms with Crippen molar-refractivity contribution < 1.29 is 14.3 Å². The predicted octanol–water partition coefficient (Wildman–Crippen LogP) is 6.75. The molecule has 7 nitrogen and oxygen atoms in total. The van der Waals surface area contributed by atoms with Crippen LogP contribution in [0.15, 0.2) is 75.6 Å². The lowest BCUT2D eigenvalue weighted by Gasteiger charge is -2.10. The van der Waals surface area contributed by atoms with Crippen molar-refractivity contribution in [3.8, 4) is 35.1 Å². The summed E-state index contributed by atoms with van der Waals surface area (Å²) in [5.41, 5.74) is 6.28. The second-order valence-electron chi connectivity index (χ2n) is 7.46. The summed E-state index contributed by atoms with van der Waals surface area (Å²) in [7, 11) is 1.53. The third-order valence-electron chi connectivity index (χ3n) is 5.01. The number of rotatable bonds is 9. The fraction of sp³-hybridized carbons (Fsp3) is 0.0741. The van der Waals surface area contributed by atoms with Crippen LogP contribution < -0.4 is 20.2 Å². The number of methoxy groups -OCH3 is 1. The number of amides is 1. The number of carbonyl (C=O) groups excluding carboxylic acids is 1. The molecule has 0 spiro atoms. The van der Waals surface area contributed by atoms with Gasteiger partial charge in [0.2, 0.25) is 0 Å². The number of hydrazone groups is 1. The highest BCUT2D eigenvalue weighted by Gasteiger charge is 2.11. The molecular formula is C27H20BrClN4O3S. The first kappa shape index (κ1) is 26.2. The maximum atomic E-state index is 12.6. The molecule has 0 saturated heterocycles. The molecule has 1 heterocycles. The molecule has 2 N–H and O–H groups in total. The number of nitrogens with one attached hydrogen (secondary N) is 2. The lowest BCUT2D eigenvalue weighted by atomic mass is 10.1. The number of hydrogen-bond acceptors (Lipinski definition) is 7. The second kappa shape index (κ2) is 12.4. The number of aromatic nitrogens is 1. The van der Waals surface area contributed by atoms with E-state index in [4.69, 9.17) is 27.5 Å². The largest absolute Gasteiger partial charge is 0.493 e. The molecule has 4 aromatic rings. The monoisotopic (exact) mass is 594 g/mol. The first-order chi connectivity index (χ1) is 18.0. The Hall–Kier alpha value is -3.84. The van der Waals surface area contributed by atoms with Crippen LogP contribution in [0.3, 0.4) is 0 Å². The molecule has 0 aliphatic carbocycles. The van der Waals surface area contributed by atoms with Crippen molar-refractivity contribution in [2.45, 2.75) is 0 Å². The molecule has 4 rings (SSSR count). The van der Waals surface area contributed by atoms with Crippen molar-refractivity contribution >= 4 is 61.8 Å². The highest BCUT2D eigenvalue weighted by molar-refractivity contribution is 9.10. The van der Waals surface area contributed by atoms with Crippen molar-refractivity contribution in [3.05, 3.63) is 86.7 Å². The summed E-state index contributed by atoms with van der Waals surface area (Å²) in [4.78, 5) is 17.2. The van der Waals surface area contributed by atoms with Crippen molar-refractivity contribution in [2.24, 2.45) is 5.10 Å². The molecule has 1 aromatic heterocycles. The molecule has 0 aliphatic heterocycles.